The molecule has 0 saturated carbocycles. The Kier molecular flexibility index (Phi) is 3.12. The van der Waals surface area contributed by atoms with Gasteiger partial charge in [0, 0.05) is 6.20 Å². The molecule has 20 heavy (non-hydrogen) atoms. The average Bonchev–Trinajstić information content (AvgIpc) is 3.02. The van der Waals surface area contributed by atoms with E-state index in [0.717, 1.165) is 11.3 Å². The quantitative estimate of drug-likeness (QED) is 0.855. The average molecular weight is 275 g/mol. The maximum Gasteiger partial charge on any atom is 0.314 e. The first-order chi connectivity index (χ1) is 9.67. The molecule has 1 N–H and O–H groups in total. The van der Waals surface area contributed by atoms with Crippen molar-refractivity contribution in [3.05, 3.63) is 29.1 Å². The van der Waals surface area contributed by atoms with Crippen LogP contribution >= 0.6 is 0 Å². The zero-order chi connectivity index (χ0) is 14.3. The molecule has 0 aromatic carbocycles. The van der Waals surface area contributed by atoms with Crippen LogP contribution in [0.5, 0.6) is 0 Å². The van der Waals surface area contributed by atoms with E-state index in [-0.39, 0.29) is 11.8 Å². The normalized spacial score (nSPS) is 24.2. The number of carbonyl (C=O) groups excluding carboxylic acids is 2. The molecule has 3 rings (SSSR count). The lowest BCUT2D eigenvalue weighted by molar-refractivity contribution is -0.147. The molecule has 0 fully saturated rings. The second-order valence-corrected chi connectivity index (χ2v) is 5.01. The van der Waals surface area contributed by atoms with E-state index in [1.54, 1.807) is 13.1 Å². The van der Waals surface area contributed by atoms with Gasteiger partial charge in [-0.3, -0.25) is 9.59 Å². The Hall–Kier alpha value is -2.04. The molecule has 2 atom stereocenters. The zero-order valence-electron chi connectivity index (χ0n) is 11.6. The van der Waals surface area contributed by atoms with Crippen LogP contribution in [-0.2, 0) is 25.5 Å². The second-order valence-electron chi connectivity index (χ2n) is 5.01. The molecule has 0 spiro atoms. The Morgan fingerprint density at radius 1 is 1.50 bits per heavy atom. The van der Waals surface area contributed by atoms with Gasteiger partial charge in [-0.2, -0.15) is 0 Å². The molecular weight excluding hydrogens is 258 g/mol. The summed E-state index contributed by atoms with van der Waals surface area (Å²) in [5.41, 5.74) is 2.29. The smallest absolute Gasteiger partial charge is 0.314 e. The third kappa shape index (κ3) is 1.77. The highest BCUT2D eigenvalue weighted by Gasteiger charge is 2.45. The summed E-state index contributed by atoms with van der Waals surface area (Å²) in [6.45, 7) is 3.97. The van der Waals surface area contributed by atoms with Crippen LogP contribution in [0.25, 0.3) is 5.76 Å². The predicted molar refractivity (Wildman–Crippen MR) is 71.7 cm³/mol. The van der Waals surface area contributed by atoms with Crippen LogP contribution in [0.4, 0.5) is 0 Å². The van der Waals surface area contributed by atoms with Crippen LogP contribution in [-0.4, -0.2) is 29.4 Å². The summed E-state index contributed by atoms with van der Waals surface area (Å²) in [7, 11) is 0. The number of Topliss-reactive ketones (excluding diaryl/α,β-unsaturated/α-hetero) is 1. The Morgan fingerprint density at radius 2 is 2.30 bits per heavy atom. The summed E-state index contributed by atoms with van der Waals surface area (Å²) in [4.78, 5) is 27.7. The van der Waals surface area contributed by atoms with Crippen molar-refractivity contribution in [3.8, 4) is 0 Å². The lowest BCUT2D eigenvalue weighted by Gasteiger charge is -2.21. The van der Waals surface area contributed by atoms with Crippen LogP contribution in [0.3, 0.4) is 0 Å². The molecule has 106 valence electrons. The maximum absolute atomic E-state index is 12.4. The van der Waals surface area contributed by atoms with Crippen molar-refractivity contribution >= 4 is 17.5 Å². The van der Waals surface area contributed by atoms with E-state index in [2.05, 4.69) is 4.98 Å². The molecule has 1 aliphatic heterocycles. The first kappa shape index (κ1) is 13.0. The SMILES string of the molecule is CCOC(=O)C1Cc2cc[nH]c2C2=C1C(=O)C(CC)O2. The number of hydrogen-bond donors (Lipinski definition) is 1. The van der Waals surface area contributed by atoms with Gasteiger partial charge < -0.3 is 14.5 Å². The van der Waals surface area contributed by atoms with Crippen LogP contribution < -0.4 is 0 Å². The predicted octanol–water partition coefficient (Wildman–Crippen LogP) is 1.84. The Bertz CT molecular complexity index is 599. The van der Waals surface area contributed by atoms with Gasteiger partial charge in [0.2, 0.25) is 5.78 Å². The number of carbonyl (C=O) groups is 2. The summed E-state index contributed by atoms with van der Waals surface area (Å²) in [5.74, 6) is -0.440. The molecule has 1 aromatic rings. The van der Waals surface area contributed by atoms with Crippen molar-refractivity contribution in [2.45, 2.75) is 32.8 Å². The lowest BCUT2D eigenvalue weighted by Crippen LogP contribution is -2.29. The summed E-state index contributed by atoms with van der Waals surface area (Å²) < 4.78 is 10.9. The molecular formula is C15H17NO4. The number of esters is 1. The van der Waals surface area contributed by atoms with Crippen molar-refractivity contribution in [2.75, 3.05) is 6.61 Å². The van der Waals surface area contributed by atoms with Gasteiger partial charge in [0.25, 0.3) is 0 Å². The molecule has 5 heteroatoms. The third-order valence-corrected chi connectivity index (χ3v) is 3.84. The van der Waals surface area contributed by atoms with Gasteiger partial charge in [0.15, 0.2) is 11.9 Å². The van der Waals surface area contributed by atoms with E-state index in [4.69, 9.17) is 9.47 Å². The molecule has 1 aliphatic carbocycles. The third-order valence-electron chi connectivity index (χ3n) is 3.84. The van der Waals surface area contributed by atoms with E-state index >= 15 is 0 Å². The highest BCUT2D eigenvalue weighted by atomic mass is 16.5. The first-order valence-corrected chi connectivity index (χ1v) is 6.95. The highest BCUT2D eigenvalue weighted by molar-refractivity contribution is 6.11. The molecule has 0 bridgehead atoms. The van der Waals surface area contributed by atoms with Gasteiger partial charge in [-0.25, -0.2) is 0 Å². The van der Waals surface area contributed by atoms with Gasteiger partial charge in [-0.1, -0.05) is 6.92 Å². The number of fused-ring (bicyclic) bond motifs is 2. The van der Waals surface area contributed by atoms with Gasteiger partial charge in [0.1, 0.15) is 0 Å². The maximum atomic E-state index is 12.4. The van der Waals surface area contributed by atoms with Gasteiger partial charge >= 0.3 is 5.97 Å². The molecule has 0 radical (unpaired) electrons. The number of aromatic nitrogens is 1. The molecule has 0 saturated heterocycles. The first-order valence-electron chi connectivity index (χ1n) is 6.95. The number of rotatable bonds is 3. The summed E-state index contributed by atoms with van der Waals surface area (Å²) in [6, 6.07) is 1.92. The van der Waals surface area contributed by atoms with Crippen LogP contribution in [0.1, 0.15) is 31.5 Å². The number of ether oxygens (including phenoxy) is 2. The monoisotopic (exact) mass is 275 g/mol. The molecule has 2 aliphatic rings. The van der Waals surface area contributed by atoms with E-state index in [0.29, 0.717) is 30.8 Å². The fourth-order valence-electron chi connectivity index (χ4n) is 2.89. The number of nitrogens with one attached hydrogen (secondary N) is 1. The zero-order valence-corrected chi connectivity index (χ0v) is 11.6. The van der Waals surface area contributed by atoms with Gasteiger partial charge in [-0.15, -0.1) is 0 Å². The molecule has 2 unspecified atom stereocenters. The van der Waals surface area contributed by atoms with Gasteiger partial charge in [-0.05, 0) is 31.4 Å². The van der Waals surface area contributed by atoms with E-state index in [1.165, 1.54) is 0 Å². The largest absolute Gasteiger partial charge is 0.480 e. The fourth-order valence-corrected chi connectivity index (χ4v) is 2.89. The highest BCUT2D eigenvalue weighted by Crippen LogP contribution is 2.42. The molecule has 0 amide bonds. The topological polar surface area (TPSA) is 68.4 Å². The van der Waals surface area contributed by atoms with Crippen LogP contribution in [0.15, 0.2) is 17.8 Å². The summed E-state index contributed by atoms with van der Waals surface area (Å²) in [6.07, 6.45) is 2.40. The van der Waals surface area contributed by atoms with E-state index in [1.807, 2.05) is 13.0 Å². The minimum absolute atomic E-state index is 0.0826. The second kappa shape index (κ2) is 4.81. The number of hydrogen-bond acceptors (Lipinski definition) is 4. The summed E-state index contributed by atoms with van der Waals surface area (Å²) >= 11 is 0. The van der Waals surface area contributed by atoms with Crippen molar-refractivity contribution in [1.82, 2.24) is 4.98 Å². The van der Waals surface area contributed by atoms with Crippen LogP contribution in [0.2, 0.25) is 0 Å². The Balaban J connectivity index is 2.05. The lowest BCUT2D eigenvalue weighted by atomic mass is 9.83. The number of aromatic amines is 1. The Morgan fingerprint density at radius 3 is 3.00 bits per heavy atom. The van der Waals surface area contributed by atoms with Crippen molar-refractivity contribution < 1.29 is 19.1 Å². The van der Waals surface area contributed by atoms with E-state index in [9.17, 15) is 9.59 Å². The van der Waals surface area contributed by atoms with Gasteiger partial charge in [0.05, 0.1) is 23.8 Å². The van der Waals surface area contributed by atoms with Crippen molar-refractivity contribution in [1.29, 1.82) is 0 Å². The minimum atomic E-state index is -0.544. The Labute approximate surface area is 117 Å². The molecule has 1 aromatic heterocycles. The van der Waals surface area contributed by atoms with Crippen LogP contribution in [0, 0.1) is 5.92 Å². The van der Waals surface area contributed by atoms with Crippen molar-refractivity contribution in [2.24, 2.45) is 5.92 Å². The minimum Gasteiger partial charge on any atom is -0.480 e. The van der Waals surface area contributed by atoms with E-state index < -0.39 is 12.0 Å². The summed E-state index contributed by atoms with van der Waals surface area (Å²) in [5, 5.41) is 0. The molecule has 2 heterocycles. The van der Waals surface area contributed by atoms with Crippen molar-refractivity contribution in [3.63, 3.8) is 0 Å². The number of H-pyrrole nitrogens is 1. The number of ketones is 1. The molecule has 5 nitrogen and oxygen atoms in total. The standard InChI is InChI=1S/C15H17NO4/c1-3-10-13(17)11-9(15(18)19-4-2)7-8-5-6-16-12(8)14(11)20-10/h5-6,9-10,16H,3-4,7H2,1-2H3. The fraction of sp³-hybridized carbons (Fsp3) is 0.467.